The van der Waals surface area contributed by atoms with Crippen LogP contribution in [0.3, 0.4) is 0 Å². The van der Waals surface area contributed by atoms with Crippen molar-refractivity contribution in [3.05, 3.63) is 35.7 Å². The van der Waals surface area contributed by atoms with Crippen LogP contribution in [-0.2, 0) is 4.79 Å². The summed E-state index contributed by atoms with van der Waals surface area (Å²) in [5.41, 5.74) is 0.829. The predicted octanol–water partition coefficient (Wildman–Crippen LogP) is 1.80. The maximum Gasteiger partial charge on any atom is 0.328 e. The minimum Gasteiger partial charge on any atom is -0.478 e. The van der Waals surface area contributed by atoms with Gasteiger partial charge in [0.1, 0.15) is 5.69 Å². The standard InChI is InChI=1S/C14H16N2O3/c1-16(11-5-2-6-11)14(19)13-10(4-3-9-15-13)7-8-12(17)18/h3-4,7-9,11H,2,5-6H2,1H3,(H,17,18)/b8-7+. The Balaban J connectivity index is 2.23. The summed E-state index contributed by atoms with van der Waals surface area (Å²) in [6.45, 7) is 0. The molecule has 1 aromatic rings. The Morgan fingerprint density at radius 1 is 1.47 bits per heavy atom. The lowest BCUT2D eigenvalue weighted by Gasteiger charge is -2.34. The molecule has 1 aromatic heterocycles. The second-order valence-corrected chi connectivity index (χ2v) is 4.61. The number of nitrogens with zero attached hydrogens (tertiary/aromatic N) is 2. The van der Waals surface area contributed by atoms with Crippen molar-refractivity contribution < 1.29 is 14.7 Å². The third-order valence-electron chi connectivity index (χ3n) is 3.39. The van der Waals surface area contributed by atoms with Crippen molar-refractivity contribution in [3.8, 4) is 0 Å². The Morgan fingerprint density at radius 3 is 2.79 bits per heavy atom. The van der Waals surface area contributed by atoms with Crippen molar-refractivity contribution >= 4 is 18.0 Å². The predicted molar refractivity (Wildman–Crippen MR) is 70.6 cm³/mol. The van der Waals surface area contributed by atoms with Crippen LogP contribution >= 0.6 is 0 Å². The van der Waals surface area contributed by atoms with Crippen molar-refractivity contribution in [1.29, 1.82) is 0 Å². The van der Waals surface area contributed by atoms with Gasteiger partial charge in [0.25, 0.3) is 5.91 Å². The molecule has 0 aliphatic heterocycles. The quantitative estimate of drug-likeness (QED) is 0.838. The molecular weight excluding hydrogens is 244 g/mol. The average molecular weight is 260 g/mol. The molecule has 1 amide bonds. The minimum atomic E-state index is -1.05. The lowest BCUT2D eigenvalue weighted by atomic mass is 9.91. The van der Waals surface area contributed by atoms with E-state index in [4.69, 9.17) is 5.11 Å². The van der Waals surface area contributed by atoms with Crippen LogP contribution in [0.1, 0.15) is 35.3 Å². The molecule has 0 saturated heterocycles. The zero-order valence-corrected chi connectivity index (χ0v) is 10.7. The number of amides is 1. The lowest BCUT2D eigenvalue weighted by molar-refractivity contribution is -0.131. The normalized spacial score (nSPS) is 15.2. The number of carboxylic acid groups (broad SMARTS) is 1. The molecule has 2 rings (SSSR count). The van der Waals surface area contributed by atoms with E-state index < -0.39 is 5.97 Å². The van der Waals surface area contributed by atoms with Gasteiger partial charge in [-0.3, -0.25) is 9.78 Å². The van der Waals surface area contributed by atoms with Crippen molar-refractivity contribution in [2.75, 3.05) is 7.05 Å². The summed E-state index contributed by atoms with van der Waals surface area (Å²) in [4.78, 5) is 28.7. The van der Waals surface area contributed by atoms with Gasteiger partial charge < -0.3 is 10.0 Å². The zero-order valence-electron chi connectivity index (χ0n) is 10.7. The maximum atomic E-state index is 12.3. The van der Waals surface area contributed by atoms with E-state index in [1.54, 1.807) is 30.3 Å². The SMILES string of the molecule is CN(C(=O)c1ncccc1/C=C/C(=O)O)C1CCC1. The molecule has 0 spiro atoms. The van der Waals surface area contributed by atoms with E-state index in [1.807, 2.05) is 0 Å². The molecule has 1 saturated carbocycles. The summed E-state index contributed by atoms with van der Waals surface area (Å²) in [6, 6.07) is 3.65. The molecule has 0 radical (unpaired) electrons. The smallest absolute Gasteiger partial charge is 0.328 e. The van der Waals surface area contributed by atoms with Gasteiger partial charge in [-0.2, -0.15) is 0 Å². The fraction of sp³-hybridized carbons (Fsp3) is 0.357. The van der Waals surface area contributed by atoms with Crippen molar-refractivity contribution in [1.82, 2.24) is 9.88 Å². The van der Waals surface area contributed by atoms with E-state index >= 15 is 0 Å². The highest BCUT2D eigenvalue weighted by atomic mass is 16.4. The van der Waals surface area contributed by atoms with Crippen LogP contribution in [-0.4, -0.2) is 40.0 Å². The Labute approximate surface area is 111 Å². The number of carboxylic acids is 1. The van der Waals surface area contributed by atoms with Gasteiger partial charge >= 0.3 is 5.97 Å². The molecule has 0 unspecified atom stereocenters. The molecule has 0 atom stereocenters. The Bertz CT molecular complexity index is 521. The van der Waals surface area contributed by atoms with Gasteiger partial charge in [0.05, 0.1) is 0 Å². The van der Waals surface area contributed by atoms with Crippen LogP contribution in [0.5, 0.6) is 0 Å². The highest BCUT2D eigenvalue weighted by molar-refractivity contribution is 5.97. The van der Waals surface area contributed by atoms with Crippen molar-refractivity contribution in [3.63, 3.8) is 0 Å². The number of hydrogen-bond acceptors (Lipinski definition) is 3. The van der Waals surface area contributed by atoms with E-state index in [1.165, 1.54) is 6.08 Å². The van der Waals surface area contributed by atoms with Crippen molar-refractivity contribution in [2.24, 2.45) is 0 Å². The molecule has 100 valence electrons. The molecule has 1 N–H and O–H groups in total. The van der Waals surface area contributed by atoms with Crippen molar-refractivity contribution in [2.45, 2.75) is 25.3 Å². The molecule has 1 fully saturated rings. The summed E-state index contributed by atoms with van der Waals surface area (Å²) in [6.07, 6.45) is 7.15. The summed E-state index contributed by atoms with van der Waals surface area (Å²) in [7, 11) is 1.77. The first-order valence-electron chi connectivity index (χ1n) is 6.23. The molecule has 19 heavy (non-hydrogen) atoms. The van der Waals surface area contributed by atoms with Crippen LogP contribution < -0.4 is 0 Å². The van der Waals surface area contributed by atoms with Crippen LogP contribution in [0.4, 0.5) is 0 Å². The fourth-order valence-electron chi connectivity index (χ4n) is 2.00. The number of pyridine rings is 1. The fourth-order valence-corrected chi connectivity index (χ4v) is 2.00. The summed E-state index contributed by atoms with van der Waals surface area (Å²) in [5.74, 6) is -1.20. The zero-order chi connectivity index (χ0) is 13.8. The lowest BCUT2D eigenvalue weighted by Crippen LogP contribution is -2.41. The van der Waals surface area contributed by atoms with E-state index in [9.17, 15) is 9.59 Å². The average Bonchev–Trinajstić information content (AvgIpc) is 2.33. The molecule has 0 aromatic carbocycles. The number of carbonyl (C=O) groups is 2. The van der Waals surface area contributed by atoms with E-state index in [0.29, 0.717) is 11.3 Å². The number of aromatic nitrogens is 1. The molecule has 1 aliphatic rings. The Morgan fingerprint density at radius 2 is 2.21 bits per heavy atom. The third-order valence-corrected chi connectivity index (χ3v) is 3.39. The van der Waals surface area contributed by atoms with Gasteiger partial charge in [-0.25, -0.2) is 4.79 Å². The summed E-state index contributed by atoms with van der Waals surface area (Å²) < 4.78 is 0. The minimum absolute atomic E-state index is 0.157. The van der Waals surface area contributed by atoms with Gasteiger partial charge in [0.2, 0.25) is 0 Å². The highest BCUT2D eigenvalue weighted by Crippen LogP contribution is 2.25. The molecule has 1 aliphatic carbocycles. The first-order chi connectivity index (χ1) is 9.09. The monoisotopic (exact) mass is 260 g/mol. The number of rotatable bonds is 4. The Hall–Kier alpha value is -2.17. The van der Waals surface area contributed by atoms with E-state index in [2.05, 4.69) is 4.98 Å². The molecule has 5 nitrogen and oxygen atoms in total. The highest BCUT2D eigenvalue weighted by Gasteiger charge is 2.27. The molecule has 5 heteroatoms. The largest absolute Gasteiger partial charge is 0.478 e. The first kappa shape index (κ1) is 13.3. The van der Waals surface area contributed by atoms with Crippen LogP contribution in [0.2, 0.25) is 0 Å². The number of aliphatic carboxylic acids is 1. The van der Waals surface area contributed by atoms with Gasteiger partial charge in [0, 0.05) is 30.9 Å². The van der Waals surface area contributed by atoms with Gasteiger partial charge in [0.15, 0.2) is 0 Å². The van der Waals surface area contributed by atoms with E-state index in [-0.39, 0.29) is 11.9 Å². The topological polar surface area (TPSA) is 70.5 Å². The second kappa shape index (κ2) is 5.65. The summed E-state index contributed by atoms with van der Waals surface area (Å²) in [5, 5.41) is 8.65. The van der Waals surface area contributed by atoms with Crippen LogP contribution in [0, 0.1) is 0 Å². The van der Waals surface area contributed by atoms with Crippen LogP contribution in [0.25, 0.3) is 6.08 Å². The maximum absolute atomic E-state index is 12.3. The molecule has 1 heterocycles. The van der Waals surface area contributed by atoms with Gasteiger partial charge in [-0.15, -0.1) is 0 Å². The summed E-state index contributed by atoms with van der Waals surface area (Å²) >= 11 is 0. The van der Waals surface area contributed by atoms with Gasteiger partial charge in [-0.1, -0.05) is 6.07 Å². The second-order valence-electron chi connectivity index (χ2n) is 4.61. The first-order valence-corrected chi connectivity index (χ1v) is 6.23. The third kappa shape index (κ3) is 2.99. The number of hydrogen-bond donors (Lipinski definition) is 1. The van der Waals surface area contributed by atoms with Crippen LogP contribution in [0.15, 0.2) is 24.4 Å². The molecular formula is C14H16N2O3. The number of carbonyl (C=O) groups excluding carboxylic acids is 1. The molecule has 0 bridgehead atoms. The Kier molecular flexibility index (Phi) is 3.94. The van der Waals surface area contributed by atoms with E-state index in [0.717, 1.165) is 25.3 Å². The van der Waals surface area contributed by atoms with Gasteiger partial charge in [-0.05, 0) is 31.4 Å².